The average molecular weight is 456 g/mol. The van der Waals surface area contributed by atoms with E-state index in [1.54, 1.807) is 13.2 Å². The number of ether oxygens (including phenoxy) is 3. The van der Waals surface area contributed by atoms with Gasteiger partial charge in [0, 0.05) is 5.56 Å². The summed E-state index contributed by atoms with van der Waals surface area (Å²) in [6.07, 6.45) is 1.69. The molecule has 0 unspecified atom stereocenters. The second-order valence-corrected chi connectivity index (χ2v) is 9.35. The van der Waals surface area contributed by atoms with Crippen LogP contribution in [0.2, 0.25) is 0 Å². The summed E-state index contributed by atoms with van der Waals surface area (Å²) in [5, 5.41) is 0. The van der Waals surface area contributed by atoms with E-state index in [1.165, 1.54) is 11.1 Å². The number of hydrogen-bond acceptors (Lipinski definition) is 5. The number of aliphatic imine (C=N–C) groups is 1. The summed E-state index contributed by atoms with van der Waals surface area (Å²) < 4.78 is 16.9. The lowest BCUT2D eigenvalue weighted by Crippen LogP contribution is -2.11. The van der Waals surface area contributed by atoms with Crippen LogP contribution < -0.4 is 9.47 Å². The van der Waals surface area contributed by atoms with Gasteiger partial charge in [0.15, 0.2) is 17.2 Å². The van der Waals surface area contributed by atoms with Gasteiger partial charge in [-0.3, -0.25) is 0 Å². The standard InChI is InChI=1S/C29H29NO4/c1-19-6-8-20(9-7-19)18-33-26-17-21(10-15-25(26)32-5)16-24-28(31)34-27(30-24)22-11-13-23(14-12-22)29(2,3)4/h6-17H,18H2,1-5H3/b24-16-. The number of esters is 1. The van der Waals surface area contributed by atoms with Gasteiger partial charge < -0.3 is 14.2 Å². The van der Waals surface area contributed by atoms with E-state index in [4.69, 9.17) is 14.2 Å². The molecule has 174 valence electrons. The maximum absolute atomic E-state index is 12.5. The first-order valence-electron chi connectivity index (χ1n) is 11.2. The summed E-state index contributed by atoms with van der Waals surface area (Å²) in [5.41, 5.74) is 5.27. The lowest BCUT2D eigenvalue weighted by Gasteiger charge is -2.18. The normalized spacial score (nSPS) is 14.7. The number of hydrogen-bond donors (Lipinski definition) is 0. The highest BCUT2D eigenvalue weighted by Gasteiger charge is 2.25. The molecule has 0 spiro atoms. The van der Waals surface area contributed by atoms with Crippen LogP contribution in [0.25, 0.3) is 6.08 Å². The van der Waals surface area contributed by atoms with Gasteiger partial charge in [0.2, 0.25) is 5.90 Å². The number of aryl methyl sites for hydroxylation is 1. The molecule has 0 atom stereocenters. The molecule has 4 rings (SSSR count). The maximum Gasteiger partial charge on any atom is 0.363 e. The topological polar surface area (TPSA) is 57.1 Å². The molecular weight excluding hydrogens is 426 g/mol. The van der Waals surface area contributed by atoms with Crippen LogP contribution in [0.1, 0.15) is 48.6 Å². The van der Waals surface area contributed by atoms with Crippen molar-refractivity contribution < 1.29 is 19.0 Å². The molecule has 0 aromatic heterocycles. The van der Waals surface area contributed by atoms with Crippen LogP contribution in [-0.4, -0.2) is 19.0 Å². The molecular formula is C29H29NO4. The number of nitrogens with zero attached hydrogens (tertiary/aromatic N) is 1. The molecule has 0 saturated heterocycles. The van der Waals surface area contributed by atoms with Gasteiger partial charge in [-0.05, 0) is 59.4 Å². The summed E-state index contributed by atoms with van der Waals surface area (Å²) in [5.74, 6) is 1.03. The zero-order chi connectivity index (χ0) is 24.3. The van der Waals surface area contributed by atoms with Crippen molar-refractivity contribution in [3.63, 3.8) is 0 Å². The molecule has 0 radical (unpaired) electrons. The summed E-state index contributed by atoms with van der Waals surface area (Å²) in [7, 11) is 1.60. The van der Waals surface area contributed by atoms with E-state index in [1.807, 2.05) is 61.5 Å². The molecule has 0 amide bonds. The number of carbonyl (C=O) groups excluding carboxylic acids is 1. The summed E-state index contributed by atoms with van der Waals surface area (Å²) in [6.45, 7) is 8.93. The maximum atomic E-state index is 12.5. The third kappa shape index (κ3) is 5.37. The van der Waals surface area contributed by atoms with Gasteiger partial charge in [-0.25, -0.2) is 9.79 Å². The molecule has 1 aliphatic rings. The third-order valence-corrected chi connectivity index (χ3v) is 5.62. The van der Waals surface area contributed by atoms with Crippen LogP contribution in [0.15, 0.2) is 77.4 Å². The fourth-order valence-corrected chi connectivity index (χ4v) is 3.54. The molecule has 0 saturated carbocycles. The van der Waals surface area contributed by atoms with E-state index in [-0.39, 0.29) is 11.1 Å². The lowest BCUT2D eigenvalue weighted by molar-refractivity contribution is -0.129. The van der Waals surface area contributed by atoms with Crippen LogP contribution in [0.3, 0.4) is 0 Å². The highest BCUT2D eigenvalue weighted by atomic mass is 16.6. The number of rotatable bonds is 6. The van der Waals surface area contributed by atoms with Gasteiger partial charge >= 0.3 is 5.97 Å². The van der Waals surface area contributed by atoms with Crippen LogP contribution in [-0.2, 0) is 21.6 Å². The first kappa shape index (κ1) is 23.3. The van der Waals surface area contributed by atoms with Crippen molar-refractivity contribution in [1.29, 1.82) is 0 Å². The monoisotopic (exact) mass is 455 g/mol. The number of methoxy groups -OCH3 is 1. The van der Waals surface area contributed by atoms with E-state index in [0.717, 1.165) is 16.7 Å². The zero-order valence-electron chi connectivity index (χ0n) is 20.2. The molecule has 0 aliphatic carbocycles. The van der Waals surface area contributed by atoms with Crippen molar-refractivity contribution in [1.82, 2.24) is 0 Å². The molecule has 34 heavy (non-hydrogen) atoms. The fourth-order valence-electron chi connectivity index (χ4n) is 3.54. The van der Waals surface area contributed by atoms with E-state index >= 15 is 0 Å². The van der Waals surface area contributed by atoms with Gasteiger partial charge in [-0.2, -0.15) is 0 Å². The Hall–Kier alpha value is -3.86. The number of cyclic esters (lactones) is 1. The van der Waals surface area contributed by atoms with E-state index < -0.39 is 5.97 Å². The highest BCUT2D eigenvalue weighted by molar-refractivity contribution is 6.12. The van der Waals surface area contributed by atoms with Crippen molar-refractivity contribution in [2.45, 2.75) is 39.7 Å². The van der Waals surface area contributed by atoms with Gasteiger partial charge in [-0.15, -0.1) is 0 Å². The summed E-state index contributed by atoms with van der Waals surface area (Å²) in [6, 6.07) is 21.6. The van der Waals surface area contributed by atoms with Gasteiger partial charge in [0.1, 0.15) is 6.61 Å². The van der Waals surface area contributed by atoms with E-state index in [2.05, 4.69) is 37.9 Å². The average Bonchev–Trinajstić information content (AvgIpc) is 3.18. The quantitative estimate of drug-likeness (QED) is 0.327. The van der Waals surface area contributed by atoms with Gasteiger partial charge in [0.25, 0.3) is 0 Å². The Kier molecular flexibility index (Phi) is 6.55. The van der Waals surface area contributed by atoms with Crippen molar-refractivity contribution in [2.75, 3.05) is 7.11 Å². The van der Waals surface area contributed by atoms with E-state index in [9.17, 15) is 4.79 Å². The largest absolute Gasteiger partial charge is 0.493 e. The third-order valence-electron chi connectivity index (χ3n) is 5.62. The Morgan fingerprint density at radius 2 is 1.65 bits per heavy atom. The van der Waals surface area contributed by atoms with Crippen LogP contribution in [0.5, 0.6) is 11.5 Å². The van der Waals surface area contributed by atoms with Crippen LogP contribution >= 0.6 is 0 Å². The molecule has 0 N–H and O–H groups in total. The molecule has 1 aliphatic heterocycles. The van der Waals surface area contributed by atoms with Crippen molar-refractivity contribution in [2.24, 2.45) is 4.99 Å². The predicted molar refractivity (Wildman–Crippen MR) is 134 cm³/mol. The molecule has 1 heterocycles. The number of benzene rings is 3. The lowest BCUT2D eigenvalue weighted by atomic mass is 9.87. The van der Waals surface area contributed by atoms with Gasteiger partial charge in [-0.1, -0.05) is 68.8 Å². The first-order valence-corrected chi connectivity index (χ1v) is 11.2. The van der Waals surface area contributed by atoms with Gasteiger partial charge in [0.05, 0.1) is 7.11 Å². The van der Waals surface area contributed by atoms with Crippen LogP contribution in [0.4, 0.5) is 0 Å². The van der Waals surface area contributed by atoms with E-state index in [0.29, 0.717) is 24.0 Å². The first-order chi connectivity index (χ1) is 16.2. The zero-order valence-corrected chi connectivity index (χ0v) is 20.2. The molecule has 5 heteroatoms. The second-order valence-electron chi connectivity index (χ2n) is 9.35. The molecule has 3 aromatic carbocycles. The Bertz CT molecular complexity index is 1250. The smallest absolute Gasteiger partial charge is 0.363 e. The minimum absolute atomic E-state index is 0.0470. The Labute approximate surface area is 200 Å². The molecule has 5 nitrogen and oxygen atoms in total. The summed E-state index contributed by atoms with van der Waals surface area (Å²) >= 11 is 0. The predicted octanol–water partition coefficient (Wildman–Crippen LogP) is 6.22. The fraction of sp³-hybridized carbons (Fsp3) is 0.241. The molecule has 0 fully saturated rings. The second kappa shape index (κ2) is 9.56. The highest BCUT2D eigenvalue weighted by Crippen LogP contribution is 2.31. The molecule has 0 bridgehead atoms. The SMILES string of the molecule is COc1ccc(/C=C2\N=C(c3ccc(C(C)(C)C)cc3)OC2=O)cc1OCc1ccc(C)cc1. The van der Waals surface area contributed by atoms with Crippen molar-refractivity contribution >= 4 is 17.9 Å². The summed E-state index contributed by atoms with van der Waals surface area (Å²) in [4.78, 5) is 16.9. The Morgan fingerprint density at radius 3 is 2.29 bits per heavy atom. The Morgan fingerprint density at radius 1 is 0.941 bits per heavy atom. The van der Waals surface area contributed by atoms with Crippen LogP contribution in [0, 0.1) is 6.92 Å². The van der Waals surface area contributed by atoms with Crippen molar-refractivity contribution in [3.8, 4) is 11.5 Å². The Balaban J connectivity index is 1.55. The minimum atomic E-state index is -0.479. The van der Waals surface area contributed by atoms with Crippen molar-refractivity contribution in [3.05, 3.63) is 100 Å². The minimum Gasteiger partial charge on any atom is -0.493 e. The number of carbonyl (C=O) groups is 1. The molecule has 3 aromatic rings.